The van der Waals surface area contributed by atoms with Crippen LogP contribution < -0.4 is 11.5 Å². The fourth-order valence-corrected chi connectivity index (χ4v) is 1.88. The Bertz CT molecular complexity index is 419. The zero-order valence-electron chi connectivity index (χ0n) is 10.9. The Balaban J connectivity index is 2.74. The number of benzene rings is 1. The van der Waals surface area contributed by atoms with Crippen molar-refractivity contribution in [2.45, 2.75) is 20.4 Å². The molecule has 0 saturated carbocycles. The number of amides is 1. The number of carbonyl (C=O) groups excluding carboxylic acids is 1. The summed E-state index contributed by atoms with van der Waals surface area (Å²) in [4.78, 5) is 13.0. The smallest absolute Gasteiger partial charge is 0.231 e. The standard InChI is InChI=1S/C13H21N3O2/c1-9(2)6-16(8-13(15)18)7-10-3-4-12(17)11(14)5-10/h3-5,9,17H,6-8,14H2,1-2H3,(H2,15,18). The predicted molar refractivity (Wildman–Crippen MR) is 71.8 cm³/mol. The number of carbonyl (C=O) groups is 1. The van der Waals surface area contributed by atoms with Crippen molar-refractivity contribution in [3.8, 4) is 5.75 Å². The highest BCUT2D eigenvalue weighted by Gasteiger charge is 2.11. The lowest BCUT2D eigenvalue weighted by Crippen LogP contribution is -2.35. The molecule has 0 spiro atoms. The number of anilines is 1. The zero-order valence-corrected chi connectivity index (χ0v) is 10.9. The van der Waals surface area contributed by atoms with Crippen LogP contribution in [-0.4, -0.2) is 29.0 Å². The van der Waals surface area contributed by atoms with Crippen LogP contribution in [0.25, 0.3) is 0 Å². The summed E-state index contributed by atoms with van der Waals surface area (Å²) in [6.07, 6.45) is 0. The van der Waals surface area contributed by atoms with Crippen LogP contribution in [0.2, 0.25) is 0 Å². The molecule has 0 aliphatic heterocycles. The van der Waals surface area contributed by atoms with Crippen LogP contribution in [0, 0.1) is 5.92 Å². The molecular weight excluding hydrogens is 230 g/mol. The molecule has 18 heavy (non-hydrogen) atoms. The number of rotatable bonds is 6. The summed E-state index contributed by atoms with van der Waals surface area (Å²) in [6, 6.07) is 5.06. The molecule has 1 rings (SSSR count). The molecule has 0 heterocycles. The largest absolute Gasteiger partial charge is 0.506 e. The minimum Gasteiger partial charge on any atom is -0.506 e. The van der Waals surface area contributed by atoms with Crippen molar-refractivity contribution < 1.29 is 9.90 Å². The van der Waals surface area contributed by atoms with E-state index in [4.69, 9.17) is 11.5 Å². The minimum atomic E-state index is -0.345. The van der Waals surface area contributed by atoms with Crippen LogP contribution in [0.1, 0.15) is 19.4 Å². The summed E-state index contributed by atoms with van der Waals surface area (Å²) >= 11 is 0. The SMILES string of the molecule is CC(C)CN(CC(N)=O)Cc1ccc(O)c(N)c1. The molecule has 5 nitrogen and oxygen atoms in total. The molecule has 5 heteroatoms. The lowest BCUT2D eigenvalue weighted by atomic mass is 10.1. The Labute approximate surface area is 107 Å². The van der Waals surface area contributed by atoms with Gasteiger partial charge in [-0.3, -0.25) is 9.69 Å². The number of phenolic OH excluding ortho intramolecular Hbond substituents is 1. The first-order chi connectivity index (χ1) is 8.38. The highest BCUT2D eigenvalue weighted by molar-refractivity contribution is 5.75. The number of primary amides is 1. The Morgan fingerprint density at radius 2 is 2.11 bits per heavy atom. The van der Waals surface area contributed by atoms with E-state index in [9.17, 15) is 9.90 Å². The number of nitrogen functional groups attached to an aromatic ring is 1. The van der Waals surface area contributed by atoms with Crippen LogP contribution in [-0.2, 0) is 11.3 Å². The summed E-state index contributed by atoms with van der Waals surface area (Å²) in [5.74, 6) is 0.172. The third kappa shape index (κ3) is 4.63. The van der Waals surface area contributed by atoms with E-state index in [-0.39, 0.29) is 18.2 Å². The summed E-state index contributed by atoms with van der Waals surface area (Å²) in [6.45, 7) is 5.76. The van der Waals surface area contributed by atoms with Gasteiger partial charge in [0.1, 0.15) is 5.75 Å². The maximum Gasteiger partial charge on any atom is 0.231 e. The summed E-state index contributed by atoms with van der Waals surface area (Å²) in [5, 5.41) is 9.36. The zero-order chi connectivity index (χ0) is 13.7. The molecule has 0 radical (unpaired) electrons. The molecule has 5 N–H and O–H groups in total. The molecule has 100 valence electrons. The average Bonchev–Trinajstić information content (AvgIpc) is 2.21. The molecule has 1 amide bonds. The maximum atomic E-state index is 11.0. The second-order valence-corrected chi connectivity index (χ2v) is 4.92. The highest BCUT2D eigenvalue weighted by atomic mass is 16.3. The van der Waals surface area contributed by atoms with Gasteiger partial charge in [-0.15, -0.1) is 0 Å². The molecule has 0 unspecified atom stereocenters. The fourth-order valence-electron chi connectivity index (χ4n) is 1.88. The minimum absolute atomic E-state index is 0.0732. The van der Waals surface area contributed by atoms with E-state index in [1.807, 2.05) is 4.90 Å². The predicted octanol–water partition coefficient (Wildman–Crippen LogP) is 0.918. The van der Waals surface area contributed by atoms with Crippen molar-refractivity contribution in [1.82, 2.24) is 4.90 Å². The highest BCUT2D eigenvalue weighted by Crippen LogP contribution is 2.21. The van der Waals surface area contributed by atoms with Crippen LogP contribution in [0.5, 0.6) is 5.75 Å². The number of aromatic hydroxyl groups is 1. The lowest BCUT2D eigenvalue weighted by Gasteiger charge is -2.23. The van der Waals surface area contributed by atoms with Gasteiger partial charge in [-0.25, -0.2) is 0 Å². The molecular formula is C13H21N3O2. The van der Waals surface area contributed by atoms with Gasteiger partial charge in [-0.1, -0.05) is 19.9 Å². The topological polar surface area (TPSA) is 92.6 Å². The third-order valence-electron chi connectivity index (χ3n) is 2.50. The Morgan fingerprint density at radius 1 is 1.44 bits per heavy atom. The normalized spacial score (nSPS) is 11.1. The summed E-state index contributed by atoms with van der Waals surface area (Å²) < 4.78 is 0. The first-order valence-electron chi connectivity index (χ1n) is 5.96. The number of hydrogen-bond donors (Lipinski definition) is 3. The first-order valence-corrected chi connectivity index (χ1v) is 5.96. The summed E-state index contributed by atoms with van der Waals surface area (Å²) in [7, 11) is 0. The van der Waals surface area contributed by atoms with E-state index in [1.165, 1.54) is 0 Å². The van der Waals surface area contributed by atoms with Crippen molar-refractivity contribution in [3.05, 3.63) is 23.8 Å². The van der Waals surface area contributed by atoms with Crippen molar-refractivity contribution in [3.63, 3.8) is 0 Å². The molecule has 0 bridgehead atoms. The molecule has 0 aliphatic rings. The maximum absolute atomic E-state index is 11.0. The van der Waals surface area contributed by atoms with Crippen molar-refractivity contribution in [2.75, 3.05) is 18.8 Å². The van der Waals surface area contributed by atoms with Gasteiger partial charge in [-0.2, -0.15) is 0 Å². The molecule has 0 atom stereocenters. The summed E-state index contributed by atoms with van der Waals surface area (Å²) in [5.41, 5.74) is 12.2. The van der Waals surface area contributed by atoms with Crippen molar-refractivity contribution in [1.29, 1.82) is 0 Å². The number of nitrogens with zero attached hydrogens (tertiary/aromatic N) is 1. The van der Waals surface area contributed by atoms with E-state index in [1.54, 1.807) is 18.2 Å². The molecule has 0 aliphatic carbocycles. The third-order valence-corrected chi connectivity index (χ3v) is 2.50. The quantitative estimate of drug-likeness (QED) is 0.517. The van der Waals surface area contributed by atoms with Gasteiger partial charge in [0.05, 0.1) is 12.2 Å². The molecule has 1 aromatic carbocycles. The van der Waals surface area contributed by atoms with E-state index in [0.29, 0.717) is 18.2 Å². The van der Waals surface area contributed by atoms with E-state index >= 15 is 0 Å². The van der Waals surface area contributed by atoms with Gasteiger partial charge in [0, 0.05) is 13.1 Å². The Morgan fingerprint density at radius 3 is 2.61 bits per heavy atom. The molecule has 0 fully saturated rings. The van der Waals surface area contributed by atoms with Crippen LogP contribution in [0.4, 0.5) is 5.69 Å². The molecule has 1 aromatic rings. The van der Waals surface area contributed by atoms with Crippen LogP contribution in [0.3, 0.4) is 0 Å². The van der Waals surface area contributed by atoms with Crippen LogP contribution >= 0.6 is 0 Å². The average molecular weight is 251 g/mol. The van der Waals surface area contributed by atoms with Gasteiger partial charge in [0.15, 0.2) is 0 Å². The Hall–Kier alpha value is -1.75. The van der Waals surface area contributed by atoms with Crippen LogP contribution in [0.15, 0.2) is 18.2 Å². The van der Waals surface area contributed by atoms with E-state index in [2.05, 4.69) is 13.8 Å². The second-order valence-electron chi connectivity index (χ2n) is 4.92. The van der Waals surface area contributed by atoms with E-state index < -0.39 is 0 Å². The van der Waals surface area contributed by atoms with Gasteiger partial charge >= 0.3 is 0 Å². The molecule has 0 aromatic heterocycles. The van der Waals surface area contributed by atoms with Gasteiger partial charge in [-0.05, 0) is 23.6 Å². The van der Waals surface area contributed by atoms with Gasteiger partial charge in [0.2, 0.25) is 5.91 Å². The number of hydrogen-bond acceptors (Lipinski definition) is 4. The first kappa shape index (κ1) is 14.3. The lowest BCUT2D eigenvalue weighted by molar-refractivity contribution is -0.119. The number of phenols is 1. The van der Waals surface area contributed by atoms with Crippen molar-refractivity contribution >= 4 is 11.6 Å². The van der Waals surface area contributed by atoms with Gasteiger partial charge in [0.25, 0.3) is 0 Å². The monoisotopic (exact) mass is 251 g/mol. The molecule has 0 saturated heterocycles. The van der Waals surface area contributed by atoms with Gasteiger partial charge < -0.3 is 16.6 Å². The Kier molecular flexibility index (Phi) is 4.97. The van der Waals surface area contributed by atoms with E-state index in [0.717, 1.165) is 12.1 Å². The van der Waals surface area contributed by atoms with Crippen molar-refractivity contribution in [2.24, 2.45) is 11.7 Å². The number of nitrogens with two attached hydrogens (primary N) is 2. The fraction of sp³-hybridized carbons (Fsp3) is 0.462. The second kappa shape index (κ2) is 6.26.